The molecule has 0 aromatic carbocycles. The summed E-state index contributed by atoms with van der Waals surface area (Å²) in [6, 6.07) is 4.05. The number of thiophene rings is 1. The lowest BCUT2D eigenvalue weighted by Crippen LogP contribution is -2.06. The molecule has 90 valence electrons. The van der Waals surface area contributed by atoms with Crippen LogP contribution in [0, 0.1) is 0 Å². The number of hydrogen-bond acceptors (Lipinski definition) is 6. The third-order valence-electron chi connectivity index (χ3n) is 1.97. The van der Waals surface area contributed by atoms with Gasteiger partial charge in [-0.2, -0.15) is 0 Å². The van der Waals surface area contributed by atoms with Gasteiger partial charge >= 0.3 is 5.97 Å². The lowest BCUT2D eigenvalue weighted by molar-refractivity contribution is -0.133. The molecule has 0 unspecified atom stereocenters. The number of aliphatic carboxylic acids is 1. The first-order valence-electron chi connectivity index (χ1n) is 4.89. The molecule has 6 nitrogen and oxygen atoms in total. The zero-order valence-electron chi connectivity index (χ0n) is 8.81. The van der Waals surface area contributed by atoms with Crippen LogP contribution in [0.2, 0.25) is 0 Å². The fourth-order valence-electron chi connectivity index (χ4n) is 1.24. The number of rotatable bonds is 6. The Morgan fingerprint density at radius 3 is 3.18 bits per heavy atom. The number of carboxylic acids is 1. The summed E-state index contributed by atoms with van der Waals surface area (Å²) in [5.41, 5.74) is 0. The van der Waals surface area contributed by atoms with Crippen LogP contribution in [0.4, 0.5) is 0 Å². The number of aromatic nitrogens is 4. The van der Waals surface area contributed by atoms with Crippen molar-refractivity contribution in [2.75, 3.05) is 5.75 Å². The highest BCUT2D eigenvalue weighted by atomic mass is 32.2. The van der Waals surface area contributed by atoms with Gasteiger partial charge in [0.2, 0.25) is 5.16 Å². The molecular formula is C9H10N4O2S2. The van der Waals surface area contributed by atoms with Gasteiger partial charge < -0.3 is 5.11 Å². The number of aryl methyl sites for hydroxylation is 2. The standard InChI is InChI=1S/C9H10N4O2S2/c14-8(15)6-17-9-10-11-12-13(9)4-3-7-2-1-5-16-7/h1-2,5H,3-4,6H2,(H,14,15). The van der Waals surface area contributed by atoms with Gasteiger partial charge in [0, 0.05) is 11.3 Å². The van der Waals surface area contributed by atoms with Gasteiger partial charge in [-0.25, -0.2) is 4.68 Å². The van der Waals surface area contributed by atoms with E-state index in [1.807, 2.05) is 11.4 Å². The maximum atomic E-state index is 10.5. The maximum Gasteiger partial charge on any atom is 0.313 e. The Balaban J connectivity index is 1.92. The fourth-order valence-corrected chi connectivity index (χ4v) is 2.56. The summed E-state index contributed by atoms with van der Waals surface area (Å²) in [4.78, 5) is 11.7. The van der Waals surface area contributed by atoms with Crippen LogP contribution in [0.1, 0.15) is 4.88 Å². The second-order valence-electron chi connectivity index (χ2n) is 3.20. The molecule has 8 heteroatoms. The van der Waals surface area contributed by atoms with Crippen molar-refractivity contribution in [1.29, 1.82) is 0 Å². The summed E-state index contributed by atoms with van der Waals surface area (Å²) in [5, 5.41) is 22.3. The van der Waals surface area contributed by atoms with Crippen molar-refractivity contribution in [2.45, 2.75) is 18.1 Å². The molecule has 0 aliphatic heterocycles. The fraction of sp³-hybridized carbons (Fsp3) is 0.333. The van der Waals surface area contributed by atoms with E-state index in [1.165, 1.54) is 4.88 Å². The van der Waals surface area contributed by atoms with Crippen molar-refractivity contribution in [3.05, 3.63) is 22.4 Å². The lowest BCUT2D eigenvalue weighted by atomic mass is 10.3. The van der Waals surface area contributed by atoms with E-state index in [-0.39, 0.29) is 5.75 Å². The van der Waals surface area contributed by atoms with Gasteiger partial charge in [-0.3, -0.25) is 4.79 Å². The molecule has 2 heterocycles. The van der Waals surface area contributed by atoms with Crippen molar-refractivity contribution in [2.24, 2.45) is 0 Å². The Kier molecular flexibility index (Phi) is 4.10. The van der Waals surface area contributed by atoms with E-state index in [2.05, 4.69) is 21.6 Å². The average Bonchev–Trinajstić information content (AvgIpc) is 2.95. The van der Waals surface area contributed by atoms with Crippen LogP contribution in [0.3, 0.4) is 0 Å². The van der Waals surface area contributed by atoms with Crippen molar-refractivity contribution in [3.8, 4) is 0 Å². The molecule has 2 aromatic heterocycles. The minimum absolute atomic E-state index is 0.0284. The highest BCUT2D eigenvalue weighted by Crippen LogP contribution is 2.15. The molecule has 0 aliphatic rings. The number of tetrazole rings is 1. The average molecular weight is 270 g/mol. The van der Waals surface area contributed by atoms with Gasteiger partial charge in [0.1, 0.15) is 0 Å². The molecule has 1 N–H and O–H groups in total. The minimum atomic E-state index is -0.872. The van der Waals surface area contributed by atoms with E-state index in [1.54, 1.807) is 16.0 Å². The first-order valence-corrected chi connectivity index (χ1v) is 6.75. The molecule has 17 heavy (non-hydrogen) atoms. The van der Waals surface area contributed by atoms with E-state index in [9.17, 15) is 4.79 Å². The predicted molar refractivity (Wildman–Crippen MR) is 64.2 cm³/mol. The van der Waals surface area contributed by atoms with Crippen LogP contribution in [-0.4, -0.2) is 37.0 Å². The second-order valence-corrected chi connectivity index (χ2v) is 5.17. The molecule has 0 spiro atoms. The molecule has 0 saturated heterocycles. The highest BCUT2D eigenvalue weighted by molar-refractivity contribution is 7.99. The Morgan fingerprint density at radius 2 is 2.47 bits per heavy atom. The van der Waals surface area contributed by atoms with Crippen molar-refractivity contribution in [1.82, 2.24) is 20.2 Å². The molecule has 0 aliphatic carbocycles. The van der Waals surface area contributed by atoms with Crippen LogP contribution < -0.4 is 0 Å². The Labute approximate surface area is 106 Å². The van der Waals surface area contributed by atoms with E-state index in [0.29, 0.717) is 11.7 Å². The zero-order chi connectivity index (χ0) is 12.1. The Bertz CT molecular complexity index is 483. The maximum absolute atomic E-state index is 10.5. The summed E-state index contributed by atoms with van der Waals surface area (Å²) in [6.07, 6.45) is 0.851. The van der Waals surface area contributed by atoms with Gasteiger partial charge in [-0.15, -0.1) is 16.4 Å². The first-order chi connectivity index (χ1) is 8.25. The topological polar surface area (TPSA) is 80.9 Å². The van der Waals surface area contributed by atoms with Gasteiger partial charge in [0.25, 0.3) is 0 Å². The molecule has 0 radical (unpaired) electrons. The molecule has 0 amide bonds. The normalized spacial score (nSPS) is 10.6. The summed E-state index contributed by atoms with van der Waals surface area (Å²) >= 11 is 2.82. The predicted octanol–water partition coefficient (Wildman–Crippen LogP) is 1.15. The summed E-state index contributed by atoms with van der Waals surface area (Å²) < 4.78 is 1.63. The third-order valence-corrected chi connectivity index (χ3v) is 3.85. The smallest absolute Gasteiger partial charge is 0.313 e. The number of thioether (sulfide) groups is 1. The minimum Gasteiger partial charge on any atom is -0.481 e. The van der Waals surface area contributed by atoms with Gasteiger partial charge in [-0.1, -0.05) is 17.8 Å². The molecule has 0 saturated carbocycles. The highest BCUT2D eigenvalue weighted by Gasteiger charge is 2.09. The molecule has 2 aromatic rings. The summed E-state index contributed by atoms with van der Waals surface area (Å²) in [5.74, 6) is -0.901. The largest absolute Gasteiger partial charge is 0.481 e. The van der Waals surface area contributed by atoms with E-state index in [4.69, 9.17) is 5.11 Å². The number of carbonyl (C=O) groups is 1. The Hall–Kier alpha value is -1.41. The molecule has 0 atom stereocenters. The number of hydrogen-bond donors (Lipinski definition) is 1. The van der Waals surface area contributed by atoms with Crippen molar-refractivity contribution in [3.63, 3.8) is 0 Å². The molecule has 0 bridgehead atoms. The third kappa shape index (κ3) is 3.53. The zero-order valence-corrected chi connectivity index (χ0v) is 10.4. The SMILES string of the molecule is O=C(O)CSc1nnnn1CCc1cccs1. The summed E-state index contributed by atoms with van der Waals surface area (Å²) in [6.45, 7) is 0.662. The molecule has 0 fully saturated rings. The van der Waals surface area contributed by atoms with E-state index < -0.39 is 5.97 Å². The molecule has 2 rings (SSSR count). The van der Waals surface area contributed by atoms with Crippen LogP contribution >= 0.6 is 23.1 Å². The van der Waals surface area contributed by atoms with Crippen LogP contribution in [0.5, 0.6) is 0 Å². The monoisotopic (exact) mass is 270 g/mol. The Morgan fingerprint density at radius 1 is 1.59 bits per heavy atom. The summed E-state index contributed by atoms with van der Waals surface area (Å²) in [7, 11) is 0. The van der Waals surface area contributed by atoms with Gasteiger partial charge in [-0.05, 0) is 21.9 Å². The van der Waals surface area contributed by atoms with E-state index in [0.717, 1.165) is 18.2 Å². The second kappa shape index (κ2) is 5.78. The number of carboxylic acid groups (broad SMARTS) is 1. The van der Waals surface area contributed by atoms with Gasteiger partial charge in [0.15, 0.2) is 0 Å². The molecular weight excluding hydrogens is 260 g/mol. The van der Waals surface area contributed by atoms with Crippen LogP contribution in [0.15, 0.2) is 22.7 Å². The van der Waals surface area contributed by atoms with Crippen molar-refractivity contribution < 1.29 is 9.90 Å². The van der Waals surface area contributed by atoms with Crippen molar-refractivity contribution >= 4 is 29.1 Å². The first kappa shape index (κ1) is 12.1. The van der Waals surface area contributed by atoms with Crippen LogP contribution in [0.25, 0.3) is 0 Å². The quantitative estimate of drug-likeness (QED) is 0.793. The van der Waals surface area contributed by atoms with Crippen LogP contribution in [-0.2, 0) is 17.8 Å². The van der Waals surface area contributed by atoms with E-state index >= 15 is 0 Å². The number of nitrogens with zero attached hydrogens (tertiary/aromatic N) is 4. The lowest BCUT2D eigenvalue weighted by Gasteiger charge is -2.01. The van der Waals surface area contributed by atoms with Gasteiger partial charge in [0.05, 0.1) is 12.3 Å².